The number of carbonyl (C=O) groups excluding carboxylic acids is 1. The number of hydrogen-bond acceptors (Lipinski definition) is 3. The minimum absolute atomic E-state index is 0.0789. The van der Waals surface area contributed by atoms with Gasteiger partial charge in [0, 0.05) is 0 Å². The number of alkyl halides is 3. The molecule has 100 valence electrons. The number of rotatable bonds is 3. The number of esters is 1. The van der Waals surface area contributed by atoms with Crippen molar-refractivity contribution in [2.45, 2.75) is 44.9 Å². The summed E-state index contributed by atoms with van der Waals surface area (Å²) in [5.41, 5.74) is 0. The van der Waals surface area contributed by atoms with Gasteiger partial charge >= 0.3 is 12.1 Å². The van der Waals surface area contributed by atoms with Crippen LogP contribution in [-0.4, -0.2) is 30.0 Å². The Hall–Kier alpha value is -0.780. The van der Waals surface area contributed by atoms with Gasteiger partial charge in [-0.3, -0.25) is 0 Å². The molecule has 1 aliphatic rings. The largest absolute Gasteiger partial charge is 0.464 e. The average molecular weight is 254 g/mol. The molecular weight excluding hydrogens is 237 g/mol. The predicted octanol–water partition coefficient (Wildman–Crippen LogP) is 2.28. The number of ether oxygens (including phenoxy) is 1. The van der Waals surface area contributed by atoms with Gasteiger partial charge in [0.1, 0.15) is 0 Å². The van der Waals surface area contributed by atoms with Crippen molar-refractivity contribution in [1.82, 2.24) is 0 Å². The highest BCUT2D eigenvalue weighted by atomic mass is 19.4. The molecular formula is C11H17F3O3. The molecule has 0 heterocycles. The third kappa shape index (κ3) is 3.87. The highest BCUT2D eigenvalue weighted by Crippen LogP contribution is 2.41. The molecule has 3 atom stereocenters. The predicted molar refractivity (Wildman–Crippen MR) is 54.1 cm³/mol. The van der Waals surface area contributed by atoms with Crippen molar-refractivity contribution in [3.63, 3.8) is 0 Å². The van der Waals surface area contributed by atoms with Gasteiger partial charge in [-0.15, -0.1) is 0 Å². The normalized spacial score (nSPS) is 27.6. The number of carbonyl (C=O) groups is 1. The van der Waals surface area contributed by atoms with E-state index in [4.69, 9.17) is 0 Å². The molecule has 17 heavy (non-hydrogen) atoms. The summed E-state index contributed by atoms with van der Waals surface area (Å²) >= 11 is 0. The zero-order valence-corrected chi connectivity index (χ0v) is 9.67. The maximum absolute atomic E-state index is 12.5. The zero-order chi connectivity index (χ0) is 13.1. The molecule has 3 unspecified atom stereocenters. The summed E-state index contributed by atoms with van der Waals surface area (Å²) < 4.78 is 42.2. The van der Waals surface area contributed by atoms with Crippen LogP contribution in [0, 0.1) is 11.8 Å². The molecule has 0 aromatic heterocycles. The van der Waals surface area contributed by atoms with Crippen molar-refractivity contribution in [3.8, 4) is 0 Å². The first-order valence-electron chi connectivity index (χ1n) is 5.77. The third-order valence-electron chi connectivity index (χ3n) is 3.15. The fourth-order valence-corrected chi connectivity index (χ4v) is 2.23. The number of halogens is 3. The van der Waals surface area contributed by atoms with E-state index in [0.717, 1.165) is 0 Å². The molecule has 0 bridgehead atoms. The van der Waals surface area contributed by atoms with Crippen LogP contribution in [0.25, 0.3) is 0 Å². The number of hydrogen-bond donors (Lipinski definition) is 1. The van der Waals surface area contributed by atoms with Crippen LogP contribution in [0.15, 0.2) is 0 Å². The molecule has 3 nitrogen and oxygen atoms in total. The van der Waals surface area contributed by atoms with Crippen LogP contribution in [0.5, 0.6) is 0 Å². The average Bonchev–Trinajstić information content (AvgIpc) is 2.27. The van der Waals surface area contributed by atoms with Gasteiger partial charge in [0.15, 0.2) is 6.10 Å². The van der Waals surface area contributed by atoms with Gasteiger partial charge in [0.2, 0.25) is 0 Å². The van der Waals surface area contributed by atoms with Gasteiger partial charge in [0.25, 0.3) is 0 Å². The van der Waals surface area contributed by atoms with Gasteiger partial charge < -0.3 is 9.84 Å². The summed E-state index contributed by atoms with van der Waals surface area (Å²) in [6.45, 7) is 1.70. The Morgan fingerprint density at radius 2 is 2.12 bits per heavy atom. The standard InChI is InChI=1S/C11H17F3O3/c1-2-17-10(16)9(15)7-4-3-5-8(6-7)11(12,13)14/h7-9,15H,2-6H2,1H3. The van der Waals surface area contributed by atoms with Crippen molar-refractivity contribution in [2.24, 2.45) is 11.8 Å². The van der Waals surface area contributed by atoms with E-state index in [1.54, 1.807) is 6.92 Å². The van der Waals surface area contributed by atoms with Crippen LogP contribution in [0.1, 0.15) is 32.6 Å². The van der Waals surface area contributed by atoms with Gasteiger partial charge in [-0.25, -0.2) is 4.79 Å². The quantitative estimate of drug-likeness (QED) is 0.786. The Kier molecular flexibility index (Phi) is 4.80. The van der Waals surface area contributed by atoms with Crippen LogP contribution in [0.2, 0.25) is 0 Å². The highest BCUT2D eigenvalue weighted by molar-refractivity contribution is 5.74. The molecule has 0 aromatic carbocycles. The maximum Gasteiger partial charge on any atom is 0.391 e. The van der Waals surface area contributed by atoms with Crippen molar-refractivity contribution in [1.29, 1.82) is 0 Å². The van der Waals surface area contributed by atoms with E-state index in [2.05, 4.69) is 4.74 Å². The second-order valence-corrected chi connectivity index (χ2v) is 4.36. The van der Waals surface area contributed by atoms with Crippen molar-refractivity contribution >= 4 is 5.97 Å². The Morgan fingerprint density at radius 3 is 2.65 bits per heavy atom. The second kappa shape index (κ2) is 5.71. The zero-order valence-electron chi connectivity index (χ0n) is 9.67. The SMILES string of the molecule is CCOC(=O)C(O)C1CCCC(C(F)(F)F)C1. The lowest BCUT2D eigenvalue weighted by Crippen LogP contribution is -2.38. The van der Waals surface area contributed by atoms with E-state index in [9.17, 15) is 23.1 Å². The first-order chi connectivity index (χ1) is 7.86. The molecule has 6 heteroatoms. The molecule has 0 aromatic rings. The van der Waals surface area contributed by atoms with Gasteiger partial charge in [0.05, 0.1) is 12.5 Å². The monoisotopic (exact) mass is 254 g/mol. The van der Waals surface area contributed by atoms with Crippen LogP contribution >= 0.6 is 0 Å². The van der Waals surface area contributed by atoms with Crippen molar-refractivity contribution in [3.05, 3.63) is 0 Å². The molecule has 0 saturated heterocycles. The second-order valence-electron chi connectivity index (χ2n) is 4.36. The number of aliphatic hydroxyl groups is 1. The topological polar surface area (TPSA) is 46.5 Å². The van der Waals surface area contributed by atoms with E-state index in [1.165, 1.54) is 0 Å². The van der Waals surface area contributed by atoms with Crippen LogP contribution < -0.4 is 0 Å². The van der Waals surface area contributed by atoms with Crippen molar-refractivity contribution in [2.75, 3.05) is 6.61 Å². The van der Waals surface area contributed by atoms with Gasteiger partial charge in [-0.1, -0.05) is 6.42 Å². The third-order valence-corrected chi connectivity index (χ3v) is 3.15. The molecule has 0 spiro atoms. The lowest BCUT2D eigenvalue weighted by Gasteiger charge is -2.32. The molecule has 1 aliphatic carbocycles. The van der Waals surface area contributed by atoms with Crippen LogP contribution in [0.3, 0.4) is 0 Å². The summed E-state index contributed by atoms with van der Waals surface area (Å²) in [4.78, 5) is 11.2. The van der Waals surface area contributed by atoms with E-state index in [0.29, 0.717) is 12.8 Å². The molecule has 1 rings (SSSR count). The summed E-state index contributed by atoms with van der Waals surface area (Å²) in [7, 11) is 0. The summed E-state index contributed by atoms with van der Waals surface area (Å²) in [5.74, 6) is -2.87. The lowest BCUT2D eigenvalue weighted by atomic mass is 9.78. The smallest absolute Gasteiger partial charge is 0.391 e. The van der Waals surface area contributed by atoms with Crippen LogP contribution in [-0.2, 0) is 9.53 Å². The molecule has 0 amide bonds. The molecule has 0 radical (unpaired) electrons. The molecule has 1 saturated carbocycles. The minimum Gasteiger partial charge on any atom is -0.464 e. The van der Waals surface area contributed by atoms with E-state index in [1.807, 2.05) is 0 Å². The fourth-order valence-electron chi connectivity index (χ4n) is 2.23. The maximum atomic E-state index is 12.5. The summed E-state index contributed by atoms with van der Waals surface area (Å²) in [5, 5.41) is 9.62. The fraction of sp³-hybridized carbons (Fsp3) is 0.909. The molecule has 1 fully saturated rings. The first-order valence-corrected chi connectivity index (χ1v) is 5.77. The summed E-state index contributed by atoms with van der Waals surface area (Å²) in [6, 6.07) is 0. The molecule has 1 N–H and O–H groups in total. The molecule has 0 aliphatic heterocycles. The first kappa shape index (κ1) is 14.3. The Bertz CT molecular complexity index is 265. The minimum atomic E-state index is -4.24. The Balaban J connectivity index is 2.57. The highest BCUT2D eigenvalue weighted by Gasteiger charge is 2.44. The number of aliphatic hydroxyl groups excluding tert-OH is 1. The Labute approximate surface area is 97.9 Å². The van der Waals surface area contributed by atoms with E-state index < -0.39 is 30.1 Å². The van der Waals surface area contributed by atoms with Crippen molar-refractivity contribution < 1.29 is 27.8 Å². The van der Waals surface area contributed by atoms with E-state index in [-0.39, 0.29) is 19.4 Å². The Morgan fingerprint density at radius 1 is 1.47 bits per heavy atom. The van der Waals surface area contributed by atoms with E-state index >= 15 is 0 Å². The lowest BCUT2D eigenvalue weighted by molar-refractivity contribution is -0.191. The van der Waals surface area contributed by atoms with Gasteiger partial charge in [-0.2, -0.15) is 13.2 Å². The summed E-state index contributed by atoms with van der Waals surface area (Å²) in [6.07, 6.45) is -4.97. The van der Waals surface area contributed by atoms with Crippen LogP contribution in [0.4, 0.5) is 13.2 Å². The van der Waals surface area contributed by atoms with Gasteiger partial charge in [-0.05, 0) is 32.1 Å².